The van der Waals surface area contributed by atoms with E-state index in [-0.39, 0.29) is 5.69 Å². The van der Waals surface area contributed by atoms with E-state index in [0.717, 1.165) is 44.0 Å². The zero-order chi connectivity index (χ0) is 15.4. The average Bonchev–Trinajstić information content (AvgIpc) is 2.86. The van der Waals surface area contributed by atoms with Crippen molar-refractivity contribution in [1.29, 1.82) is 0 Å². The van der Waals surface area contributed by atoms with Gasteiger partial charge in [-0.15, -0.1) is 0 Å². The van der Waals surface area contributed by atoms with E-state index in [2.05, 4.69) is 28.8 Å². The molecule has 0 N–H and O–H groups in total. The predicted octanol–water partition coefficient (Wildman–Crippen LogP) is 2.47. The lowest BCUT2D eigenvalue weighted by Gasteiger charge is -2.22. The van der Waals surface area contributed by atoms with E-state index in [1.54, 1.807) is 6.07 Å². The summed E-state index contributed by atoms with van der Waals surface area (Å²) in [4.78, 5) is 19.3. The first-order chi connectivity index (χ1) is 10.0. The molecule has 1 atom stereocenters. The molecule has 0 aliphatic carbocycles. The number of nitrogens with zero attached hydrogens (tertiary/aromatic N) is 4. The van der Waals surface area contributed by atoms with Gasteiger partial charge >= 0.3 is 0 Å². The van der Waals surface area contributed by atoms with Crippen molar-refractivity contribution in [1.82, 2.24) is 9.88 Å². The fraction of sp³-hybridized carbons (Fsp3) is 0.667. The molecule has 0 amide bonds. The first-order valence-electron chi connectivity index (χ1n) is 7.55. The Morgan fingerprint density at radius 2 is 2.33 bits per heavy atom. The zero-order valence-electron chi connectivity index (χ0n) is 13.1. The lowest BCUT2D eigenvalue weighted by molar-refractivity contribution is -0.385. The molecule has 6 nitrogen and oxygen atoms in total. The summed E-state index contributed by atoms with van der Waals surface area (Å²) in [5.74, 6) is 1.54. The van der Waals surface area contributed by atoms with E-state index in [1.807, 2.05) is 6.92 Å². The number of rotatable bonds is 6. The summed E-state index contributed by atoms with van der Waals surface area (Å²) < 4.78 is 0. The Labute approximate surface area is 125 Å². The van der Waals surface area contributed by atoms with E-state index >= 15 is 0 Å². The van der Waals surface area contributed by atoms with Crippen LogP contribution in [0.3, 0.4) is 0 Å². The van der Waals surface area contributed by atoms with Gasteiger partial charge in [-0.2, -0.15) is 0 Å². The molecule has 0 spiro atoms. The molecule has 1 aromatic rings. The highest BCUT2D eigenvalue weighted by molar-refractivity contribution is 5.51. The largest absolute Gasteiger partial charge is 0.356 e. The molecule has 1 aliphatic heterocycles. The maximum absolute atomic E-state index is 10.8. The topological polar surface area (TPSA) is 62.5 Å². The van der Waals surface area contributed by atoms with Gasteiger partial charge < -0.3 is 9.80 Å². The van der Waals surface area contributed by atoms with Gasteiger partial charge in [0.25, 0.3) is 5.69 Å². The summed E-state index contributed by atoms with van der Waals surface area (Å²) in [5.41, 5.74) is 0.946. The summed E-state index contributed by atoms with van der Waals surface area (Å²) in [6.07, 6.45) is 3.70. The molecular weight excluding hydrogens is 268 g/mol. The van der Waals surface area contributed by atoms with Crippen molar-refractivity contribution < 1.29 is 4.92 Å². The number of aromatic nitrogens is 1. The second-order valence-electron chi connectivity index (χ2n) is 5.95. The van der Waals surface area contributed by atoms with Crippen LogP contribution in [0.2, 0.25) is 0 Å². The van der Waals surface area contributed by atoms with Crippen LogP contribution >= 0.6 is 0 Å². The van der Waals surface area contributed by atoms with Gasteiger partial charge in [-0.25, -0.2) is 4.98 Å². The van der Waals surface area contributed by atoms with Crippen molar-refractivity contribution >= 4 is 11.5 Å². The molecule has 6 heteroatoms. The zero-order valence-corrected chi connectivity index (χ0v) is 13.1. The molecule has 116 valence electrons. The standard InChI is InChI=1S/C15H24N4O2/c1-4-6-17(3)10-13-5-7-18(11-13)15-12(2)8-14(9-16-15)19(20)21/h8-9,13H,4-7,10-11H2,1-3H3/t13-/m0/s1. The van der Waals surface area contributed by atoms with Crippen LogP contribution in [0.5, 0.6) is 0 Å². The van der Waals surface area contributed by atoms with Gasteiger partial charge in [0.15, 0.2) is 0 Å². The van der Waals surface area contributed by atoms with Gasteiger partial charge in [0.05, 0.1) is 4.92 Å². The summed E-state index contributed by atoms with van der Waals surface area (Å²) in [7, 11) is 2.17. The smallest absolute Gasteiger partial charge is 0.287 e. The van der Waals surface area contributed by atoms with E-state index in [9.17, 15) is 10.1 Å². The van der Waals surface area contributed by atoms with E-state index in [0.29, 0.717) is 5.92 Å². The number of hydrogen-bond donors (Lipinski definition) is 0. The fourth-order valence-corrected chi connectivity index (χ4v) is 3.07. The Hall–Kier alpha value is -1.69. The quantitative estimate of drug-likeness (QED) is 0.595. The highest BCUT2D eigenvalue weighted by Crippen LogP contribution is 2.27. The maximum Gasteiger partial charge on any atom is 0.287 e. The molecule has 1 aliphatic rings. The summed E-state index contributed by atoms with van der Waals surface area (Å²) in [6.45, 7) is 8.30. The third-order valence-electron chi connectivity index (χ3n) is 4.01. The van der Waals surface area contributed by atoms with Crippen LogP contribution in [0.4, 0.5) is 11.5 Å². The predicted molar refractivity (Wildman–Crippen MR) is 83.7 cm³/mol. The van der Waals surface area contributed by atoms with Crippen molar-refractivity contribution in [2.45, 2.75) is 26.7 Å². The second-order valence-corrected chi connectivity index (χ2v) is 5.95. The average molecular weight is 292 g/mol. The van der Waals surface area contributed by atoms with E-state index in [4.69, 9.17) is 0 Å². The molecule has 1 aromatic heterocycles. The maximum atomic E-state index is 10.8. The van der Waals surface area contributed by atoms with Gasteiger partial charge in [0, 0.05) is 25.7 Å². The Balaban J connectivity index is 1.99. The molecule has 0 aromatic carbocycles. The molecule has 0 radical (unpaired) electrons. The first kappa shape index (κ1) is 15.7. The number of pyridine rings is 1. The van der Waals surface area contributed by atoms with Crippen LogP contribution in [-0.4, -0.2) is 48.0 Å². The fourth-order valence-electron chi connectivity index (χ4n) is 3.07. The van der Waals surface area contributed by atoms with Crippen molar-refractivity contribution in [3.8, 4) is 0 Å². The van der Waals surface area contributed by atoms with Crippen molar-refractivity contribution in [3.05, 3.63) is 27.9 Å². The van der Waals surface area contributed by atoms with Crippen molar-refractivity contribution in [3.63, 3.8) is 0 Å². The van der Waals surface area contributed by atoms with Crippen LogP contribution in [0.15, 0.2) is 12.3 Å². The van der Waals surface area contributed by atoms with Gasteiger partial charge in [0.1, 0.15) is 12.0 Å². The molecule has 21 heavy (non-hydrogen) atoms. The minimum absolute atomic E-state index is 0.0645. The van der Waals surface area contributed by atoms with Crippen LogP contribution < -0.4 is 4.90 Å². The summed E-state index contributed by atoms with van der Waals surface area (Å²) in [6, 6.07) is 1.61. The lowest BCUT2D eigenvalue weighted by Crippen LogP contribution is -2.29. The van der Waals surface area contributed by atoms with Crippen molar-refractivity contribution in [2.75, 3.05) is 38.1 Å². The van der Waals surface area contributed by atoms with Crippen LogP contribution in [0, 0.1) is 23.0 Å². The Morgan fingerprint density at radius 1 is 1.57 bits per heavy atom. The molecule has 2 heterocycles. The lowest BCUT2D eigenvalue weighted by atomic mass is 10.1. The summed E-state index contributed by atoms with van der Waals surface area (Å²) in [5, 5.41) is 10.8. The number of anilines is 1. The highest BCUT2D eigenvalue weighted by Gasteiger charge is 2.26. The second kappa shape index (κ2) is 6.85. The summed E-state index contributed by atoms with van der Waals surface area (Å²) >= 11 is 0. The van der Waals surface area contributed by atoms with E-state index < -0.39 is 4.92 Å². The Morgan fingerprint density at radius 3 is 2.95 bits per heavy atom. The minimum Gasteiger partial charge on any atom is -0.356 e. The molecule has 2 rings (SSSR count). The molecule has 0 unspecified atom stereocenters. The molecule has 0 saturated carbocycles. The third-order valence-corrected chi connectivity index (χ3v) is 4.01. The number of nitro groups is 1. The Kier molecular flexibility index (Phi) is 5.12. The number of aryl methyl sites for hydroxylation is 1. The van der Waals surface area contributed by atoms with Crippen LogP contribution in [0.1, 0.15) is 25.3 Å². The molecular formula is C15H24N4O2. The van der Waals surface area contributed by atoms with Crippen LogP contribution in [-0.2, 0) is 0 Å². The van der Waals surface area contributed by atoms with Crippen LogP contribution in [0.25, 0.3) is 0 Å². The molecule has 1 saturated heterocycles. The molecule has 1 fully saturated rings. The van der Waals surface area contributed by atoms with Gasteiger partial charge in [-0.05, 0) is 44.8 Å². The van der Waals surface area contributed by atoms with Gasteiger partial charge in [0.2, 0.25) is 0 Å². The highest BCUT2D eigenvalue weighted by atomic mass is 16.6. The SMILES string of the molecule is CCCN(C)C[C@@H]1CCN(c2ncc([N+](=O)[O-])cc2C)C1. The normalized spacial score (nSPS) is 18.5. The monoisotopic (exact) mass is 292 g/mol. The first-order valence-corrected chi connectivity index (χ1v) is 7.55. The Bertz CT molecular complexity index is 506. The van der Waals surface area contributed by atoms with Crippen molar-refractivity contribution in [2.24, 2.45) is 5.92 Å². The minimum atomic E-state index is -0.393. The third kappa shape index (κ3) is 3.91. The number of hydrogen-bond acceptors (Lipinski definition) is 5. The van der Waals surface area contributed by atoms with Gasteiger partial charge in [-0.3, -0.25) is 10.1 Å². The molecule has 0 bridgehead atoms. The van der Waals surface area contributed by atoms with E-state index in [1.165, 1.54) is 12.6 Å². The van der Waals surface area contributed by atoms with Gasteiger partial charge in [-0.1, -0.05) is 6.92 Å².